The molecule has 0 aliphatic carbocycles. The molecule has 0 unspecified atom stereocenters. The summed E-state index contributed by atoms with van der Waals surface area (Å²) in [5, 5.41) is 1.28. The van der Waals surface area contributed by atoms with E-state index in [4.69, 9.17) is 0 Å². The van der Waals surface area contributed by atoms with Gasteiger partial charge in [0.05, 0.1) is 0 Å². The fourth-order valence-corrected chi connectivity index (χ4v) is 3.17. The van der Waals surface area contributed by atoms with Crippen LogP contribution in [0.3, 0.4) is 0 Å². The fourth-order valence-electron chi connectivity index (χ4n) is 3.17. The molecule has 1 aliphatic heterocycles. The number of nitrogens with zero attached hydrogens (tertiary/aromatic N) is 1. The summed E-state index contributed by atoms with van der Waals surface area (Å²) in [5.74, 6) is 0.0805. The number of benzene rings is 1. The molecule has 1 aromatic heterocycles. The monoisotopic (exact) mass is 282 g/mol. The molecule has 3 nitrogen and oxygen atoms in total. The Hall–Kier alpha value is -1.87. The van der Waals surface area contributed by atoms with E-state index in [0.29, 0.717) is 6.04 Å². The third kappa shape index (κ3) is 3.08. The lowest BCUT2D eigenvalue weighted by Gasteiger charge is -2.18. The summed E-state index contributed by atoms with van der Waals surface area (Å²) < 4.78 is 0. The quantitative estimate of drug-likeness (QED) is 0.872. The van der Waals surface area contributed by atoms with Crippen molar-refractivity contribution < 1.29 is 4.79 Å². The second-order valence-electron chi connectivity index (χ2n) is 6.04. The van der Waals surface area contributed by atoms with E-state index in [1.165, 1.54) is 35.9 Å². The van der Waals surface area contributed by atoms with Crippen molar-refractivity contribution in [3.8, 4) is 0 Å². The third-order valence-corrected chi connectivity index (χ3v) is 4.43. The van der Waals surface area contributed by atoms with Crippen LogP contribution in [0.1, 0.15) is 30.9 Å². The standard InChI is InChI=1S/C18H22N2O/c1-13(21)5-6-14-7-8-18-17(10-14)15(12-19-18)11-16-4-3-9-20(16)2/h5-8,10,12,16,19H,3-4,9,11H2,1-2H3/b6-5+/t16-/m1/s1. The molecule has 1 atom stereocenters. The molecule has 1 aromatic carbocycles. The maximum Gasteiger partial charge on any atom is 0.152 e. The minimum absolute atomic E-state index is 0.0805. The van der Waals surface area contributed by atoms with E-state index >= 15 is 0 Å². The van der Waals surface area contributed by atoms with Gasteiger partial charge in [-0.05, 0) is 69.1 Å². The summed E-state index contributed by atoms with van der Waals surface area (Å²) in [5.41, 5.74) is 3.63. The molecular formula is C18H22N2O. The Morgan fingerprint density at radius 2 is 2.33 bits per heavy atom. The van der Waals surface area contributed by atoms with E-state index in [-0.39, 0.29) is 5.78 Å². The molecule has 2 heterocycles. The molecule has 0 radical (unpaired) electrons. The number of likely N-dealkylation sites (tertiary alicyclic amines) is 1. The predicted octanol–water partition coefficient (Wildman–Crippen LogP) is 3.41. The molecule has 1 N–H and O–H groups in total. The number of aromatic amines is 1. The van der Waals surface area contributed by atoms with Crippen LogP contribution in [0, 0.1) is 0 Å². The average molecular weight is 282 g/mol. The van der Waals surface area contributed by atoms with Crippen molar-refractivity contribution in [1.29, 1.82) is 0 Å². The number of fused-ring (bicyclic) bond motifs is 1. The van der Waals surface area contributed by atoms with Gasteiger partial charge in [-0.3, -0.25) is 4.79 Å². The van der Waals surface area contributed by atoms with Gasteiger partial charge in [-0.1, -0.05) is 12.1 Å². The topological polar surface area (TPSA) is 36.1 Å². The van der Waals surface area contributed by atoms with Crippen LogP contribution in [0.5, 0.6) is 0 Å². The summed E-state index contributed by atoms with van der Waals surface area (Å²) in [6, 6.07) is 6.97. The number of carbonyl (C=O) groups excluding carboxylic acids is 1. The highest BCUT2D eigenvalue weighted by molar-refractivity contribution is 5.92. The smallest absolute Gasteiger partial charge is 0.152 e. The van der Waals surface area contributed by atoms with Gasteiger partial charge >= 0.3 is 0 Å². The highest BCUT2D eigenvalue weighted by Gasteiger charge is 2.22. The van der Waals surface area contributed by atoms with Crippen molar-refractivity contribution in [2.75, 3.05) is 13.6 Å². The van der Waals surface area contributed by atoms with Gasteiger partial charge < -0.3 is 9.88 Å². The van der Waals surface area contributed by atoms with Gasteiger partial charge in [0, 0.05) is 23.1 Å². The van der Waals surface area contributed by atoms with Gasteiger partial charge in [-0.25, -0.2) is 0 Å². The van der Waals surface area contributed by atoms with Gasteiger partial charge in [0.2, 0.25) is 0 Å². The van der Waals surface area contributed by atoms with Crippen molar-refractivity contribution in [3.05, 3.63) is 41.6 Å². The normalized spacial score (nSPS) is 19.8. The SMILES string of the molecule is CC(=O)/C=C/c1ccc2[nH]cc(C[C@H]3CCCN3C)c2c1. The molecule has 3 heteroatoms. The lowest BCUT2D eigenvalue weighted by atomic mass is 10.0. The van der Waals surface area contributed by atoms with Crippen LogP contribution in [0.15, 0.2) is 30.5 Å². The van der Waals surface area contributed by atoms with Crippen molar-refractivity contribution >= 4 is 22.8 Å². The summed E-state index contributed by atoms with van der Waals surface area (Å²) in [6.45, 7) is 2.78. The molecule has 3 rings (SSSR count). The molecule has 1 saturated heterocycles. The summed E-state index contributed by atoms with van der Waals surface area (Å²) in [4.78, 5) is 16.9. The average Bonchev–Trinajstić information content (AvgIpc) is 3.04. The summed E-state index contributed by atoms with van der Waals surface area (Å²) in [6.07, 6.45) is 9.33. The second-order valence-corrected chi connectivity index (χ2v) is 6.04. The zero-order valence-electron chi connectivity index (χ0n) is 12.7. The number of rotatable bonds is 4. The molecular weight excluding hydrogens is 260 g/mol. The second kappa shape index (κ2) is 5.86. The molecule has 0 spiro atoms. The van der Waals surface area contributed by atoms with E-state index in [1.54, 1.807) is 13.0 Å². The minimum Gasteiger partial charge on any atom is -0.361 e. The van der Waals surface area contributed by atoms with Crippen LogP contribution >= 0.6 is 0 Å². The number of aromatic nitrogens is 1. The molecule has 21 heavy (non-hydrogen) atoms. The Bertz CT molecular complexity index is 684. The molecule has 1 aliphatic rings. The number of hydrogen-bond donors (Lipinski definition) is 1. The van der Waals surface area contributed by atoms with Crippen LogP contribution in [0.25, 0.3) is 17.0 Å². The zero-order valence-corrected chi connectivity index (χ0v) is 12.7. The number of H-pyrrole nitrogens is 1. The molecule has 0 saturated carbocycles. The largest absolute Gasteiger partial charge is 0.361 e. The molecule has 1 fully saturated rings. The van der Waals surface area contributed by atoms with Crippen LogP contribution in [0.4, 0.5) is 0 Å². The Balaban J connectivity index is 1.88. The lowest BCUT2D eigenvalue weighted by Crippen LogP contribution is -2.26. The van der Waals surface area contributed by atoms with Crippen molar-refractivity contribution in [1.82, 2.24) is 9.88 Å². The Kier molecular flexibility index (Phi) is 3.93. The van der Waals surface area contributed by atoms with Crippen molar-refractivity contribution in [2.45, 2.75) is 32.2 Å². The highest BCUT2D eigenvalue weighted by Crippen LogP contribution is 2.25. The summed E-state index contributed by atoms with van der Waals surface area (Å²) in [7, 11) is 2.22. The van der Waals surface area contributed by atoms with Gasteiger partial charge in [-0.2, -0.15) is 0 Å². The lowest BCUT2D eigenvalue weighted by molar-refractivity contribution is -0.112. The van der Waals surface area contributed by atoms with E-state index in [1.807, 2.05) is 12.1 Å². The van der Waals surface area contributed by atoms with E-state index in [0.717, 1.165) is 12.0 Å². The highest BCUT2D eigenvalue weighted by atomic mass is 16.1. The predicted molar refractivity (Wildman–Crippen MR) is 87.4 cm³/mol. The van der Waals surface area contributed by atoms with Crippen LogP contribution in [-0.2, 0) is 11.2 Å². The van der Waals surface area contributed by atoms with Crippen LogP contribution in [-0.4, -0.2) is 35.3 Å². The van der Waals surface area contributed by atoms with E-state index < -0.39 is 0 Å². The summed E-state index contributed by atoms with van der Waals surface area (Å²) >= 11 is 0. The van der Waals surface area contributed by atoms with Gasteiger partial charge in [0.25, 0.3) is 0 Å². The number of carbonyl (C=O) groups is 1. The van der Waals surface area contributed by atoms with Gasteiger partial charge in [-0.15, -0.1) is 0 Å². The van der Waals surface area contributed by atoms with Gasteiger partial charge in [0.1, 0.15) is 0 Å². The zero-order chi connectivity index (χ0) is 14.8. The van der Waals surface area contributed by atoms with Gasteiger partial charge in [0.15, 0.2) is 5.78 Å². The maximum absolute atomic E-state index is 11.1. The van der Waals surface area contributed by atoms with Crippen molar-refractivity contribution in [2.24, 2.45) is 0 Å². The Labute approximate surface area is 125 Å². The number of hydrogen-bond acceptors (Lipinski definition) is 2. The van der Waals surface area contributed by atoms with E-state index in [9.17, 15) is 4.79 Å². The molecule has 0 bridgehead atoms. The first-order valence-corrected chi connectivity index (χ1v) is 7.62. The first-order valence-electron chi connectivity index (χ1n) is 7.62. The molecule has 0 amide bonds. The third-order valence-electron chi connectivity index (χ3n) is 4.43. The molecule has 110 valence electrons. The maximum atomic E-state index is 11.1. The van der Waals surface area contributed by atoms with Crippen molar-refractivity contribution in [3.63, 3.8) is 0 Å². The number of nitrogens with one attached hydrogen (secondary N) is 1. The Morgan fingerprint density at radius 3 is 3.05 bits per heavy atom. The van der Waals surface area contributed by atoms with E-state index in [2.05, 4.69) is 35.3 Å². The van der Waals surface area contributed by atoms with Crippen LogP contribution in [0.2, 0.25) is 0 Å². The Morgan fingerprint density at radius 1 is 1.48 bits per heavy atom. The number of allylic oxidation sites excluding steroid dienone is 1. The number of ketones is 1. The number of likely N-dealkylation sites (N-methyl/N-ethyl adjacent to an activating group) is 1. The van der Waals surface area contributed by atoms with Crippen LogP contribution < -0.4 is 0 Å². The minimum atomic E-state index is 0.0805. The fraction of sp³-hybridized carbons (Fsp3) is 0.389. The first kappa shape index (κ1) is 14.1. The first-order chi connectivity index (χ1) is 10.1. The molecule has 2 aromatic rings.